The Labute approximate surface area is 129 Å². The van der Waals surface area contributed by atoms with Gasteiger partial charge in [0.1, 0.15) is 5.69 Å². The van der Waals surface area contributed by atoms with Crippen LogP contribution in [0.4, 0.5) is 13.2 Å². The predicted molar refractivity (Wildman–Crippen MR) is 77.4 cm³/mol. The Kier molecular flexibility index (Phi) is 3.66. The molecule has 3 aromatic rings. The zero-order chi connectivity index (χ0) is 15.7. The van der Waals surface area contributed by atoms with Crippen molar-refractivity contribution in [2.75, 3.05) is 0 Å². The maximum atomic E-state index is 12.5. The van der Waals surface area contributed by atoms with Crippen molar-refractivity contribution in [1.82, 2.24) is 5.16 Å². The van der Waals surface area contributed by atoms with Gasteiger partial charge in [0, 0.05) is 22.2 Å². The summed E-state index contributed by atoms with van der Waals surface area (Å²) < 4.78 is 42.8. The monoisotopic (exact) mass is 323 g/mol. The molecule has 0 saturated carbocycles. The van der Waals surface area contributed by atoms with Crippen LogP contribution in [0.1, 0.15) is 5.56 Å². The molecule has 2 nitrogen and oxygen atoms in total. The molecule has 0 spiro atoms. The van der Waals surface area contributed by atoms with E-state index >= 15 is 0 Å². The van der Waals surface area contributed by atoms with Gasteiger partial charge in [-0.05, 0) is 24.3 Å². The van der Waals surface area contributed by atoms with E-state index < -0.39 is 11.7 Å². The fraction of sp³-hybridized carbons (Fsp3) is 0.0625. The Morgan fingerprint density at radius 2 is 1.45 bits per heavy atom. The maximum Gasteiger partial charge on any atom is 0.416 e. The van der Waals surface area contributed by atoms with Crippen molar-refractivity contribution in [1.29, 1.82) is 0 Å². The van der Waals surface area contributed by atoms with Crippen molar-refractivity contribution in [3.05, 3.63) is 65.2 Å². The Morgan fingerprint density at radius 3 is 2.05 bits per heavy atom. The van der Waals surface area contributed by atoms with E-state index in [-0.39, 0.29) is 0 Å². The van der Waals surface area contributed by atoms with Crippen LogP contribution in [0.5, 0.6) is 0 Å². The number of aromatic nitrogens is 1. The highest BCUT2D eigenvalue weighted by atomic mass is 35.5. The number of hydrogen-bond acceptors (Lipinski definition) is 2. The molecule has 0 N–H and O–H groups in total. The molecule has 1 heterocycles. The number of rotatable bonds is 2. The minimum Gasteiger partial charge on any atom is -0.356 e. The van der Waals surface area contributed by atoms with Crippen LogP contribution in [0.25, 0.3) is 22.6 Å². The molecule has 22 heavy (non-hydrogen) atoms. The van der Waals surface area contributed by atoms with Crippen LogP contribution in [-0.2, 0) is 6.18 Å². The highest BCUT2D eigenvalue weighted by Gasteiger charge is 2.30. The van der Waals surface area contributed by atoms with E-state index in [2.05, 4.69) is 5.16 Å². The topological polar surface area (TPSA) is 26.0 Å². The molecule has 1 aromatic heterocycles. The zero-order valence-corrected chi connectivity index (χ0v) is 11.8. The van der Waals surface area contributed by atoms with Gasteiger partial charge in [-0.2, -0.15) is 13.2 Å². The summed E-state index contributed by atoms with van der Waals surface area (Å²) in [6.45, 7) is 0. The van der Waals surface area contributed by atoms with Gasteiger partial charge in [0.25, 0.3) is 0 Å². The number of halogens is 4. The SMILES string of the molecule is FC(F)(F)c1ccc(-c2cc(-c3ccc(Cl)cc3)no2)cc1. The summed E-state index contributed by atoms with van der Waals surface area (Å²) in [5.74, 6) is 0.402. The van der Waals surface area contributed by atoms with Crippen molar-refractivity contribution in [2.45, 2.75) is 6.18 Å². The first-order valence-electron chi connectivity index (χ1n) is 6.34. The minimum absolute atomic E-state index is 0.402. The Bertz CT molecular complexity index is 776. The van der Waals surface area contributed by atoms with Gasteiger partial charge >= 0.3 is 6.18 Å². The highest BCUT2D eigenvalue weighted by molar-refractivity contribution is 6.30. The second-order valence-electron chi connectivity index (χ2n) is 4.66. The van der Waals surface area contributed by atoms with Crippen LogP contribution in [0.2, 0.25) is 5.02 Å². The molecule has 0 amide bonds. The molecular formula is C16H9ClF3NO. The molecule has 0 aliphatic rings. The van der Waals surface area contributed by atoms with E-state index in [0.29, 0.717) is 22.0 Å². The van der Waals surface area contributed by atoms with Gasteiger partial charge in [-0.25, -0.2) is 0 Å². The van der Waals surface area contributed by atoms with Gasteiger partial charge in [-0.3, -0.25) is 0 Å². The number of hydrogen-bond donors (Lipinski definition) is 0. The summed E-state index contributed by atoms with van der Waals surface area (Å²) in [6.07, 6.45) is -4.35. The lowest BCUT2D eigenvalue weighted by molar-refractivity contribution is -0.137. The molecule has 0 aliphatic carbocycles. The second kappa shape index (κ2) is 5.50. The molecule has 0 radical (unpaired) electrons. The van der Waals surface area contributed by atoms with Gasteiger partial charge in [0.2, 0.25) is 0 Å². The second-order valence-corrected chi connectivity index (χ2v) is 5.09. The van der Waals surface area contributed by atoms with Gasteiger partial charge < -0.3 is 4.52 Å². The number of benzene rings is 2. The third-order valence-electron chi connectivity index (χ3n) is 3.15. The molecule has 0 fully saturated rings. The standard InChI is InChI=1S/C16H9ClF3NO/c17-13-7-3-10(4-8-13)14-9-15(22-21-14)11-1-5-12(6-2-11)16(18,19)20/h1-9H. The molecule has 112 valence electrons. The van der Waals surface area contributed by atoms with E-state index in [1.165, 1.54) is 12.1 Å². The third kappa shape index (κ3) is 2.99. The fourth-order valence-corrected chi connectivity index (χ4v) is 2.12. The van der Waals surface area contributed by atoms with Crippen LogP contribution in [-0.4, -0.2) is 5.16 Å². The molecule has 0 saturated heterocycles. The van der Waals surface area contributed by atoms with Gasteiger partial charge in [-0.1, -0.05) is 41.0 Å². The molecular weight excluding hydrogens is 315 g/mol. The minimum atomic E-state index is -4.35. The number of nitrogens with zero attached hydrogens (tertiary/aromatic N) is 1. The normalized spacial score (nSPS) is 11.6. The first-order chi connectivity index (χ1) is 10.4. The van der Waals surface area contributed by atoms with Crippen molar-refractivity contribution >= 4 is 11.6 Å². The Hall–Kier alpha value is -2.27. The van der Waals surface area contributed by atoms with Crippen molar-refractivity contribution in [3.8, 4) is 22.6 Å². The van der Waals surface area contributed by atoms with E-state index in [9.17, 15) is 13.2 Å². The van der Waals surface area contributed by atoms with Crippen LogP contribution in [0.3, 0.4) is 0 Å². The molecule has 3 rings (SSSR count). The maximum absolute atomic E-state index is 12.5. The Balaban J connectivity index is 1.89. The summed E-state index contributed by atoms with van der Waals surface area (Å²) in [4.78, 5) is 0. The lowest BCUT2D eigenvalue weighted by atomic mass is 10.1. The average molecular weight is 324 g/mol. The first kappa shape index (κ1) is 14.7. The molecule has 2 aromatic carbocycles. The summed E-state index contributed by atoms with van der Waals surface area (Å²) in [6, 6.07) is 13.4. The van der Waals surface area contributed by atoms with Crippen LogP contribution < -0.4 is 0 Å². The van der Waals surface area contributed by atoms with E-state index in [4.69, 9.17) is 16.1 Å². The molecule has 6 heteroatoms. The van der Waals surface area contributed by atoms with Gasteiger partial charge in [0.05, 0.1) is 5.56 Å². The highest BCUT2D eigenvalue weighted by Crippen LogP contribution is 2.32. The van der Waals surface area contributed by atoms with Crippen LogP contribution in [0, 0.1) is 0 Å². The quantitative estimate of drug-likeness (QED) is 0.606. The van der Waals surface area contributed by atoms with Crippen LogP contribution in [0.15, 0.2) is 59.1 Å². The summed E-state index contributed by atoms with van der Waals surface area (Å²) in [5, 5.41) is 4.53. The summed E-state index contributed by atoms with van der Waals surface area (Å²) in [7, 11) is 0. The van der Waals surface area contributed by atoms with Crippen molar-refractivity contribution in [3.63, 3.8) is 0 Å². The summed E-state index contributed by atoms with van der Waals surface area (Å²) >= 11 is 5.82. The molecule has 0 bridgehead atoms. The van der Waals surface area contributed by atoms with E-state index in [1.54, 1.807) is 30.3 Å². The van der Waals surface area contributed by atoms with Gasteiger partial charge in [-0.15, -0.1) is 0 Å². The fourth-order valence-electron chi connectivity index (χ4n) is 1.99. The van der Waals surface area contributed by atoms with Gasteiger partial charge in [0.15, 0.2) is 5.76 Å². The summed E-state index contributed by atoms with van der Waals surface area (Å²) in [5.41, 5.74) is 1.23. The van der Waals surface area contributed by atoms with Crippen molar-refractivity contribution in [2.24, 2.45) is 0 Å². The number of alkyl halides is 3. The average Bonchev–Trinajstić information content (AvgIpc) is 2.97. The first-order valence-corrected chi connectivity index (χ1v) is 6.71. The van der Waals surface area contributed by atoms with Crippen LogP contribution >= 0.6 is 11.6 Å². The lowest BCUT2D eigenvalue weighted by Crippen LogP contribution is -2.03. The lowest BCUT2D eigenvalue weighted by Gasteiger charge is -2.06. The smallest absolute Gasteiger partial charge is 0.356 e. The van der Waals surface area contributed by atoms with E-state index in [1.807, 2.05) is 0 Å². The predicted octanol–water partition coefficient (Wildman–Crippen LogP) is 5.68. The third-order valence-corrected chi connectivity index (χ3v) is 3.40. The molecule has 0 unspecified atom stereocenters. The molecule has 0 aliphatic heterocycles. The Morgan fingerprint density at radius 1 is 0.864 bits per heavy atom. The van der Waals surface area contributed by atoms with E-state index in [0.717, 1.165) is 17.7 Å². The zero-order valence-electron chi connectivity index (χ0n) is 11.1. The largest absolute Gasteiger partial charge is 0.416 e. The molecule has 0 atom stereocenters. The van der Waals surface area contributed by atoms with Crippen molar-refractivity contribution < 1.29 is 17.7 Å².